The summed E-state index contributed by atoms with van der Waals surface area (Å²) in [6, 6.07) is 0. The molecule has 0 aliphatic heterocycles. The van der Waals surface area contributed by atoms with E-state index in [9.17, 15) is 33.3 Å². The first-order valence-electron chi connectivity index (χ1n) is 2.21. The zero-order chi connectivity index (χ0) is 10.9. The SMILES string of the molecule is O=P([O-])([O-])OP(=O)([O-])OP(=O)([O-])O.[Cs+].[Cs+].[Cs+].[Cs+]. The van der Waals surface area contributed by atoms with E-state index in [2.05, 4.69) is 8.62 Å². The fraction of sp³-hybridized carbons (Fsp3) is 0. The van der Waals surface area contributed by atoms with E-state index in [1.54, 1.807) is 0 Å². The maximum atomic E-state index is 10.1. The van der Waals surface area contributed by atoms with Crippen LogP contribution in [0, 0.1) is 0 Å². The third kappa shape index (κ3) is 29.6. The van der Waals surface area contributed by atoms with E-state index in [4.69, 9.17) is 4.89 Å². The van der Waals surface area contributed by atoms with E-state index < -0.39 is 23.5 Å². The summed E-state index contributed by atoms with van der Waals surface area (Å²) in [5.41, 5.74) is 0. The molecule has 0 fully saturated rings. The Morgan fingerprint density at radius 2 is 1.06 bits per heavy atom. The van der Waals surface area contributed by atoms with Crippen LogP contribution in [-0.2, 0) is 22.3 Å². The first-order valence-corrected chi connectivity index (χ1v) is 6.62. The van der Waals surface area contributed by atoms with Crippen LogP contribution in [-0.4, -0.2) is 4.89 Å². The second-order valence-electron chi connectivity index (χ2n) is 1.53. The fourth-order valence-electron chi connectivity index (χ4n) is 0.264. The largest absolute Gasteiger partial charge is 1.00 e. The predicted molar refractivity (Wildman–Crippen MR) is 27.2 cm³/mol. The monoisotopic (exact) mass is 786 g/mol. The van der Waals surface area contributed by atoms with E-state index >= 15 is 0 Å². The van der Waals surface area contributed by atoms with Crippen LogP contribution in [0.5, 0.6) is 0 Å². The van der Waals surface area contributed by atoms with Crippen LogP contribution in [0.3, 0.4) is 0 Å². The van der Waals surface area contributed by atoms with Crippen molar-refractivity contribution < 1.29 is 322 Å². The molecular formula is HCs4O10P3. The van der Waals surface area contributed by atoms with Crippen molar-refractivity contribution in [2.24, 2.45) is 0 Å². The molecular weight excluding hydrogens is 785 g/mol. The van der Waals surface area contributed by atoms with Gasteiger partial charge in [-0.3, -0.25) is 13.4 Å². The second kappa shape index (κ2) is 16.8. The van der Waals surface area contributed by atoms with Crippen molar-refractivity contribution in [1.82, 2.24) is 0 Å². The standard InChI is InChI=1S/4Cs.H5O10P3/c;;;;1-11(2,3)9-13(7,8)10-12(4,5)6/h;;;;(H,7,8)(H2,1,2,3)(H2,4,5,6)/q4*+1;/p-4. The van der Waals surface area contributed by atoms with Gasteiger partial charge in [0.1, 0.15) is 0 Å². The van der Waals surface area contributed by atoms with Gasteiger partial charge in [0, 0.05) is 0 Å². The Balaban J connectivity index is -0.000000120. The number of phosphoric acid groups is 3. The molecule has 80 valence electrons. The molecule has 0 aromatic rings. The number of hydrogen-bond acceptors (Lipinski definition) is 9. The van der Waals surface area contributed by atoms with Crippen molar-refractivity contribution in [2.75, 3.05) is 0 Å². The summed E-state index contributed by atoms with van der Waals surface area (Å²) in [4.78, 5) is 47.0. The molecule has 17 heavy (non-hydrogen) atoms. The van der Waals surface area contributed by atoms with Crippen molar-refractivity contribution in [3.8, 4) is 0 Å². The summed E-state index contributed by atoms with van der Waals surface area (Å²) in [5, 5.41) is 0. The Kier molecular flexibility index (Phi) is 36.0. The van der Waals surface area contributed by atoms with Gasteiger partial charge >= 0.3 is 276 Å². The van der Waals surface area contributed by atoms with Gasteiger partial charge in [-0.25, -0.2) is 4.31 Å². The van der Waals surface area contributed by atoms with Gasteiger partial charge in [0.2, 0.25) is 0 Å². The quantitative estimate of drug-likeness (QED) is 0.269. The van der Waals surface area contributed by atoms with Crippen LogP contribution in [0.1, 0.15) is 0 Å². The van der Waals surface area contributed by atoms with Crippen LogP contribution in [0.25, 0.3) is 0 Å². The average Bonchev–Trinajstić information content (AvgIpc) is 1.43. The molecule has 0 spiro atoms. The fourth-order valence-corrected chi connectivity index (χ4v) is 2.64. The summed E-state index contributed by atoms with van der Waals surface area (Å²) in [6.07, 6.45) is 0. The third-order valence-electron chi connectivity index (χ3n) is 0.403. The van der Waals surface area contributed by atoms with Crippen LogP contribution >= 0.6 is 23.5 Å². The Bertz CT molecular complexity index is 286. The molecule has 17 heteroatoms. The maximum Gasteiger partial charge on any atom is 1.00 e. The molecule has 2 atom stereocenters. The minimum atomic E-state index is -5.95. The van der Waals surface area contributed by atoms with Gasteiger partial charge in [-0.05, 0) is 0 Å². The Morgan fingerprint density at radius 3 is 1.24 bits per heavy atom. The number of hydrogen-bond donors (Lipinski definition) is 1. The van der Waals surface area contributed by atoms with Crippen molar-refractivity contribution in [3.05, 3.63) is 0 Å². The summed E-state index contributed by atoms with van der Waals surface area (Å²) >= 11 is 0. The van der Waals surface area contributed by atoms with Gasteiger partial charge in [0.15, 0.2) is 0 Å². The molecule has 0 rings (SSSR count). The smallest absolute Gasteiger partial charge is 0.790 e. The minimum absolute atomic E-state index is 0. The zero-order valence-electron chi connectivity index (χ0n) is 9.46. The van der Waals surface area contributed by atoms with Crippen LogP contribution in [0.4, 0.5) is 0 Å². The molecule has 0 amide bonds. The molecule has 0 radical (unpaired) electrons. The van der Waals surface area contributed by atoms with Crippen molar-refractivity contribution in [1.29, 1.82) is 0 Å². The molecule has 0 aromatic carbocycles. The topological polar surface area (TPSA) is 182 Å². The van der Waals surface area contributed by atoms with E-state index in [1.165, 1.54) is 0 Å². The van der Waals surface area contributed by atoms with Crippen LogP contribution in [0.2, 0.25) is 0 Å². The van der Waals surface area contributed by atoms with Crippen molar-refractivity contribution in [3.63, 3.8) is 0 Å². The molecule has 1 N–H and O–H groups in total. The third-order valence-corrected chi connectivity index (χ3v) is 3.63. The van der Waals surface area contributed by atoms with Gasteiger partial charge in [0.25, 0.3) is 15.6 Å². The van der Waals surface area contributed by atoms with Crippen molar-refractivity contribution >= 4 is 23.5 Å². The Morgan fingerprint density at radius 1 is 0.765 bits per heavy atom. The molecule has 0 aliphatic carbocycles. The molecule has 0 aromatic heterocycles. The van der Waals surface area contributed by atoms with Crippen molar-refractivity contribution in [2.45, 2.75) is 0 Å². The minimum Gasteiger partial charge on any atom is -0.790 e. The van der Waals surface area contributed by atoms with Crippen LogP contribution in [0.15, 0.2) is 0 Å². The predicted octanol–water partition coefficient (Wildman–Crippen LogP) is -15.2. The molecule has 10 nitrogen and oxygen atoms in total. The van der Waals surface area contributed by atoms with Gasteiger partial charge in [-0.15, -0.1) is 0 Å². The summed E-state index contributed by atoms with van der Waals surface area (Å²) < 4.78 is 35.0. The van der Waals surface area contributed by atoms with Gasteiger partial charge < -0.3 is 29.0 Å². The average molecular weight is 786 g/mol. The number of rotatable bonds is 4. The first-order chi connectivity index (χ1) is 5.41. The molecule has 2 unspecified atom stereocenters. The van der Waals surface area contributed by atoms with E-state index in [0.29, 0.717) is 0 Å². The van der Waals surface area contributed by atoms with E-state index in [1.807, 2.05) is 0 Å². The Hall–Kier alpha value is 8.62. The van der Waals surface area contributed by atoms with Gasteiger partial charge in [-0.1, -0.05) is 0 Å². The second-order valence-corrected chi connectivity index (χ2v) is 5.56. The summed E-state index contributed by atoms with van der Waals surface area (Å²) in [6.45, 7) is 0. The summed E-state index contributed by atoms with van der Waals surface area (Å²) in [7, 11) is -17.6. The van der Waals surface area contributed by atoms with Crippen LogP contribution < -0.4 is 295 Å². The molecule has 0 heterocycles. The van der Waals surface area contributed by atoms with E-state index in [-0.39, 0.29) is 276 Å². The molecule has 0 saturated heterocycles. The summed E-state index contributed by atoms with van der Waals surface area (Å²) in [5.74, 6) is 0. The molecule has 0 aliphatic rings. The normalized spacial score (nSPS) is 16.8. The van der Waals surface area contributed by atoms with Gasteiger partial charge in [-0.2, -0.15) is 0 Å². The Labute approximate surface area is 332 Å². The molecule has 0 saturated carbocycles. The maximum absolute atomic E-state index is 10.1. The molecule has 0 bridgehead atoms. The van der Waals surface area contributed by atoms with E-state index in [0.717, 1.165) is 0 Å². The zero-order valence-corrected chi connectivity index (χ0v) is 37.3. The van der Waals surface area contributed by atoms with Gasteiger partial charge in [0.05, 0.1) is 7.82 Å². The first kappa shape index (κ1) is 36.5.